The molecule has 3 heteroatoms. The second kappa shape index (κ2) is 7.44. The molecule has 0 aliphatic rings. The summed E-state index contributed by atoms with van der Waals surface area (Å²) in [4.78, 5) is 11.5. The van der Waals surface area contributed by atoms with Gasteiger partial charge in [-0.1, -0.05) is 40.2 Å². The standard InChI is InChI=1S/C13H18BrNO/c1-11-5-2-3-6-12(11)7-8-13(16)15-10-4-9-14/h2-3,5-6H,4,7-10H2,1H3,(H,15,16). The van der Waals surface area contributed by atoms with E-state index in [4.69, 9.17) is 0 Å². The monoisotopic (exact) mass is 283 g/mol. The molecule has 0 fully saturated rings. The first-order valence-corrected chi connectivity index (χ1v) is 6.73. The lowest BCUT2D eigenvalue weighted by Gasteiger charge is -2.06. The van der Waals surface area contributed by atoms with Crippen LogP contribution in [0.5, 0.6) is 0 Å². The van der Waals surface area contributed by atoms with Crippen molar-refractivity contribution < 1.29 is 4.79 Å². The van der Waals surface area contributed by atoms with Crippen LogP contribution in [-0.4, -0.2) is 17.8 Å². The summed E-state index contributed by atoms with van der Waals surface area (Å²) in [5, 5.41) is 3.84. The zero-order valence-electron chi connectivity index (χ0n) is 9.63. The lowest BCUT2D eigenvalue weighted by molar-refractivity contribution is -0.121. The molecule has 0 aliphatic carbocycles. The maximum atomic E-state index is 11.5. The van der Waals surface area contributed by atoms with E-state index in [1.165, 1.54) is 11.1 Å². The highest BCUT2D eigenvalue weighted by molar-refractivity contribution is 9.09. The van der Waals surface area contributed by atoms with E-state index in [0.717, 1.165) is 24.7 Å². The average Bonchev–Trinajstić information content (AvgIpc) is 2.28. The summed E-state index contributed by atoms with van der Waals surface area (Å²) in [7, 11) is 0. The molecule has 1 amide bonds. The largest absolute Gasteiger partial charge is 0.356 e. The highest BCUT2D eigenvalue weighted by Crippen LogP contribution is 2.09. The molecule has 0 heterocycles. The van der Waals surface area contributed by atoms with Gasteiger partial charge in [0.25, 0.3) is 0 Å². The third-order valence-corrected chi connectivity index (χ3v) is 3.08. The number of alkyl halides is 1. The first-order chi connectivity index (χ1) is 7.74. The number of amides is 1. The first-order valence-electron chi connectivity index (χ1n) is 5.61. The molecule has 1 rings (SSSR count). The quantitative estimate of drug-likeness (QED) is 0.631. The van der Waals surface area contributed by atoms with Crippen molar-refractivity contribution in [1.29, 1.82) is 0 Å². The van der Waals surface area contributed by atoms with Crippen molar-refractivity contribution in [3.63, 3.8) is 0 Å². The van der Waals surface area contributed by atoms with E-state index in [1.54, 1.807) is 0 Å². The van der Waals surface area contributed by atoms with Crippen molar-refractivity contribution >= 4 is 21.8 Å². The van der Waals surface area contributed by atoms with Gasteiger partial charge in [0.15, 0.2) is 0 Å². The van der Waals surface area contributed by atoms with Gasteiger partial charge in [-0.15, -0.1) is 0 Å². The van der Waals surface area contributed by atoms with E-state index >= 15 is 0 Å². The van der Waals surface area contributed by atoms with E-state index in [2.05, 4.69) is 40.3 Å². The topological polar surface area (TPSA) is 29.1 Å². The SMILES string of the molecule is Cc1ccccc1CCC(=O)NCCCBr. The Morgan fingerprint density at radius 1 is 1.38 bits per heavy atom. The van der Waals surface area contributed by atoms with Gasteiger partial charge in [0.2, 0.25) is 5.91 Å². The molecule has 16 heavy (non-hydrogen) atoms. The molecular formula is C13H18BrNO. The van der Waals surface area contributed by atoms with Crippen molar-refractivity contribution in [2.75, 3.05) is 11.9 Å². The predicted molar refractivity (Wildman–Crippen MR) is 70.9 cm³/mol. The van der Waals surface area contributed by atoms with Crippen LogP contribution in [0.25, 0.3) is 0 Å². The van der Waals surface area contributed by atoms with Crippen LogP contribution in [0.2, 0.25) is 0 Å². The van der Waals surface area contributed by atoms with Crippen LogP contribution in [0.1, 0.15) is 24.0 Å². The molecule has 0 bridgehead atoms. The second-order valence-corrected chi connectivity index (χ2v) is 4.61. The van der Waals surface area contributed by atoms with Crippen LogP contribution in [0.4, 0.5) is 0 Å². The van der Waals surface area contributed by atoms with Gasteiger partial charge in [0, 0.05) is 18.3 Å². The summed E-state index contributed by atoms with van der Waals surface area (Å²) in [5.74, 6) is 0.143. The summed E-state index contributed by atoms with van der Waals surface area (Å²) in [6.07, 6.45) is 2.38. The van der Waals surface area contributed by atoms with Crippen molar-refractivity contribution in [3.05, 3.63) is 35.4 Å². The Labute approximate surface area is 106 Å². The molecule has 0 saturated heterocycles. The van der Waals surface area contributed by atoms with Crippen LogP contribution >= 0.6 is 15.9 Å². The number of benzene rings is 1. The summed E-state index contributed by atoms with van der Waals surface area (Å²) in [6.45, 7) is 2.84. The third kappa shape index (κ3) is 4.79. The minimum absolute atomic E-state index is 0.143. The molecule has 0 unspecified atom stereocenters. The van der Waals surface area contributed by atoms with Crippen molar-refractivity contribution in [3.8, 4) is 0 Å². The highest BCUT2D eigenvalue weighted by Gasteiger charge is 2.02. The fourth-order valence-electron chi connectivity index (χ4n) is 1.52. The molecule has 0 aromatic heterocycles. The molecule has 2 nitrogen and oxygen atoms in total. The lowest BCUT2D eigenvalue weighted by Crippen LogP contribution is -2.24. The summed E-state index contributed by atoms with van der Waals surface area (Å²) in [5.41, 5.74) is 2.52. The van der Waals surface area contributed by atoms with Crippen LogP contribution in [-0.2, 0) is 11.2 Å². The zero-order valence-corrected chi connectivity index (χ0v) is 11.2. The molecule has 0 atom stereocenters. The number of nitrogens with one attached hydrogen (secondary N) is 1. The van der Waals surface area contributed by atoms with Crippen LogP contribution in [0.15, 0.2) is 24.3 Å². The average molecular weight is 284 g/mol. The van der Waals surface area contributed by atoms with E-state index in [1.807, 2.05) is 12.1 Å². The smallest absolute Gasteiger partial charge is 0.220 e. The van der Waals surface area contributed by atoms with E-state index < -0.39 is 0 Å². The Bertz CT molecular complexity index is 338. The number of aryl methyl sites for hydroxylation is 2. The Hall–Kier alpha value is -0.830. The van der Waals surface area contributed by atoms with Crippen molar-refractivity contribution in [2.45, 2.75) is 26.2 Å². The van der Waals surface area contributed by atoms with Gasteiger partial charge < -0.3 is 5.32 Å². The number of rotatable bonds is 6. The lowest BCUT2D eigenvalue weighted by atomic mass is 10.0. The second-order valence-electron chi connectivity index (χ2n) is 3.82. The molecule has 0 saturated carbocycles. The molecule has 0 aliphatic heterocycles. The van der Waals surface area contributed by atoms with E-state index in [9.17, 15) is 4.79 Å². The number of carbonyl (C=O) groups is 1. The molecule has 0 spiro atoms. The molecular weight excluding hydrogens is 266 g/mol. The van der Waals surface area contributed by atoms with Gasteiger partial charge in [-0.2, -0.15) is 0 Å². The molecule has 0 radical (unpaired) electrons. The first kappa shape index (κ1) is 13.2. The maximum absolute atomic E-state index is 11.5. The number of hydrogen-bond acceptors (Lipinski definition) is 1. The zero-order chi connectivity index (χ0) is 11.8. The van der Waals surface area contributed by atoms with Crippen molar-refractivity contribution in [2.24, 2.45) is 0 Å². The number of hydrogen-bond donors (Lipinski definition) is 1. The van der Waals surface area contributed by atoms with Gasteiger partial charge in [0.05, 0.1) is 0 Å². The van der Waals surface area contributed by atoms with Crippen molar-refractivity contribution in [1.82, 2.24) is 5.32 Å². The summed E-state index contributed by atoms with van der Waals surface area (Å²) >= 11 is 3.33. The molecule has 1 N–H and O–H groups in total. The van der Waals surface area contributed by atoms with Gasteiger partial charge >= 0.3 is 0 Å². The predicted octanol–water partition coefficient (Wildman–Crippen LogP) is 2.83. The van der Waals surface area contributed by atoms with Gasteiger partial charge in [-0.3, -0.25) is 4.79 Å². The molecule has 1 aromatic rings. The number of carbonyl (C=O) groups excluding carboxylic acids is 1. The highest BCUT2D eigenvalue weighted by atomic mass is 79.9. The van der Waals surface area contributed by atoms with Gasteiger partial charge in [0.1, 0.15) is 0 Å². The molecule has 1 aromatic carbocycles. The fraction of sp³-hybridized carbons (Fsp3) is 0.462. The summed E-state index contributed by atoms with van der Waals surface area (Å²) in [6, 6.07) is 8.21. The van der Waals surface area contributed by atoms with Gasteiger partial charge in [-0.05, 0) is 30.9 Å². The Balaban J connectivity index is 2.29. The Morgan fingerprint density at radius 3 is 2.81 bits per heavy atom. The minimum atomic E-state index is 0.143. The Kier molecular flexibility index (Phi) is 6.16. The Morgan fingerprint density at radius 2 is 2.12 bits per heavy atom. The third-order valence-electron chi connectivity index (χ3n) is 2.52. The van der Waals surface area contributed by atoms with E-state index in [-0.39, 0.29) is 5.91 Å². The van der Waals surface area contributed by atoms with E-state index in [0.29, 0.717) is 6.42 Å². The van der Waals surface area contributed by atoms with Crippen LogP contribution < -0.4 is 5.32 Å². The fourth-order valence-corrected chi connectivity index (χ4v) is 1.80. The number of halogens is 1. The maximum Gasteiger partial charge on any atom is 0.220 e. The summed E-state index contributed by atoms with van der Waals surface area (Å²) < 4.78 is 0. The normalized spacial score (nSPS) is 10.1. The van der Waals surface area contributed by atoms with Crippen LogP contribution in [0, 0.1) is 6.92 Å². The minimum Gasteiger partial charge on any atom is -0.356 e. The van der Waals surface area contributed by atoms with Gasteiger partial charge in [-0.25, -0.2) is 0 Å². The molecule has 88 valence electrons. The van der Waals surface area contributed by atoms with Crippen LogP contribution in [0.3, 0.4) is 0 Å².